The molecule has 3 saturated heterocycles. The third-order valence-electron chi connectivity index (χ3n) is 6.96. The standard InChI is InChI=1S/C9H17NO.C8H17NO2S.C7H13NO.2CH4/c1-7(2)10-6-5-9(3,4)8(10)11;1-7(2)9-6-5-8(3,4)12(9,10)11;1-7(2)4-5-8(3)6(7)9;;/h7H,5-6H2,1-4H3;7H,5-6H2,1-4H3;4-5H2,1-3H3;2*1H4. The van der Waals surface area contributed by atoms with E-state index in [-0.39, 0.29) is 37.6 Å². The van der Waals surface area contributed by atoms with E-state index in [9.17, 15) is 18.0 Å². The Balaban J connectivity index is 0. The molecular weight excluding hydrogens is 450 g/mol. The van der Waals surface area contributed by atoms with Crippen molar-refractivity contribution in [2.75, 3.05) is 26.7 Å². The molecule has 3 heterocycles. The van der Waals surface area contributed by atoms with Gasteiger partial charge in [-0.05, 0) is 60.8 Å². The highest BCUT2D eigenvalue weighted by Gasteiger charge is 2.46. The molecule has 0 aromatic heterocycles. The molecule has 0 bridgehead atoms. The van der Waals surface area contributed by atoms with Crippen LogP contribution in [0.3, 0.4) is 0 Å². The Kier molecular flexibility index (Phi) is 12.6. The summed E-state index contributed by atoms with van der Waals surface area (Å²) >= 11 is 0. The van der Waals surface area contributed by atoms with Gasteiger partial charge >= 0.3 is 0 Å². The monoisotopic (exact) mass is 505 g/mol. The summed E-state index contributed by atoms with van der Waals surface area (Å²) in [7, 11) is -1.17. The largest absolute Gasteiger partial charge is 0.345 e. The number of hydrogen-bond acceptors (Lipinski definition) is 4. The topological polar surface area (TPSA) is 78.0 Å². The van der Waals surface area contributed by atoms with Crippen molar-refractivity contribution in [3.05, 3.63) is 0 Å². The first-order valence-corrected chi connectivity index (χ1v) is 13.3. The Morgan fingerprint density at radius 1 is 0.706 bits per heavy atom. The molecule has 0 saturated carbocycles. The zero-order chi connectivity index (χ0) is 25.3. The molecule has 3 aliphatic rings. The van der Waals surface area contributed by atoms with Crippen LogP contribution in [0.25, 0.3) is 0 Å². The fraction of sp³-hybridized carbons (Fsp3) is 0.923. The molecule has 3 fully saturated rings. The predicted octanol–water partition coefficient (Wildman–Crippen LogP) is 5.01. The Hall–Kier alpha value is -1.15. The molecule has 34 heavy (non-hydrogen) atoms. The van der Waals surface area contributed by atoms with E-state index in [1.54, 1.807) is 23.1 Å². The fourth-order valence-corrected chi connectivity index (χ4v) is 6.01. The zero-order valence-electron chi connectivity index (χ0n) is 22.3. The van der Waals surface area contributed by atoms with E-state index in [1.807, 2.05) is 53.5 Å². The van der Waals surface area contributed by atoms with Crippen LogP contribution >= 0.6 is 0 Å². The molecule has 3 aliphatic heterocycles. The Bertz CT molecular complexity index is 786. The number of carbonyl (C=O) groups is 2. The molecule has 0 N–H and O–H groups in total. The Morgan fingerprint density at radius 2 is 1.15 bits per heavy atom. The lowest BCUT2D eigenvalue weighted by Gasteiger charge is -2.23. The number of carbonyl (C=O) groups excluding carboxylic acids is 2. The van der Waals surface area contributed by atoms with Crippen LogP contribution in [0, 0.1) is 10.8 Å². The Morgan fingerprint density at radius 3 is 1.29 bits per heavy atom. The maximum absolute atomic E-state index is 11.8. The summed E-state index contributed by atoms with van der Waals surface area (Å²) in [6.07, 6.45) is 2.75. The van der Waals surface area contributed by atoms with Gasteiger partial charge < -0.3 is 9.80 Å². The van der Waals surface area contributed by atoms with Crippen LogP contribution in [0.2, 0.25) is 0 Å². The first-order chi connectivity index (χ1) is 14.3. The van der Waals surface area contributed by atoms with Crippen LogP contribution in [0.15, 0.2) is 0 Å². The van der Waals surface area contributed by atoms with Gasteiger partial charge in [-0.15, -0.1) is 0 Å². The van der Waals surface area contributed by atoms with Gasteiger partial charge in [0.15, 0.2) is 0 Å². The molecule has 2 amide bonds. The van der Waals surface area contributed by atoms with Crippen LogP contribution in [0.5, 0.6) is 0 Å². The second kappa shape index (κ2) is 12.2. The van der Waals surface area contributed by atoms with Crippen molar-refractivity contribution in [2.45, 2.75) is 120 Å². The van der Waals surface area contributed by atoms with Gasteiger partial charge in [0.25, 0.3) is 0 Å². The average Bonchev–Trinajstić information content (AvgIpc) is 3.13. The maximum Gasteiger partial charge on any atom is 0.228 e. The van der Waals surface area contributed by atoms with Gasteiger partial charge in [-0.1, -0.05) is 42.5 Å². The number of likely N-dealkylation sites (tertiary alicyclic amines) is 2. The molecule has 0 aliphatic carbocycles. The smallest absolute Gasteiger partial charge is 0.228 e. The van der Waals surface area contributed by atoms with E-state index in [0.717, 1.165) is 32.4 Å². The number of hydrogen-bond donors (Lipinski definition) is 0. The Labute approximate surface area is 211 Å². The van der Waals surface area contributed by atoms with E-state index >= 15 is 0 Å². The molecule has 3 rings (SSSR count). The number of rotatable bonds is 2. The van der Waals surface area contributed by atoms with E-state index < -0.39 is 14.8 Å². The van der Waals surface area contributed by atoms with E-state index in [0.29, 0.717) is 18.5 Å². The van der Waals surface area contributed by atoms with E-state index in [1.165, 1.54) is 0 Å². The second-order valence-electron chi connectivity index (χ2n) is 11.8. The predicted molar refractivity (Wildman–Crippen MR) is 144 cm³/mol. The minimum absolute atomic E-state index is 0. The molecule has 0 spiro atoms. The van der Waals surface area contributed by atoms with Crippen molar-refractivity contribution in [2.24, 2.45) is 10.8 Å². The fourth-order valence-electron chi connectivity index (χ4n) is 4.14. The van der Waals surface area contributed by atoms with Crippen LogP contribution in [-0.4, -0.2) is 77.8 Å². The molecule has 0 aromatic rings. The average molecular weight is 506 g/mol. The SMILES string of the molecule is C.C.CC(C)N1CCC(C)(C)C1=O.CC(C)N1CCC(C)(C)S1(=O)=O.CN1CCC(C)(C)C1=O. The van der Waals surface area contributed by atoms with Gasteiger partial charge in [0.05, 0.1) is 4.75 Å². The van der Waals surface area contributed by atoms with Gasteiger partial charge in [-0.3, -0.25) is 9.59 Å². The highest BCUT2D eigenvalue weighted by Crippen LogP contribution is 2.33. The molecule has 7 nitrogen and oxygen atoms in total. The van der Waals surface area contributed by atoms with E-state index in [4.69, 9.17) is 0 Å². The lowest BCUT2D eigenvalue weighted by atomic mass is 9.92. The zero-order valence-corrected chi connectivity index (χ0v) is 23.1. The highest BCUT2D eigenvalue weighted by atomic mass is 32.2. The number of nitrogens with zero attached hydrogens (tertiary/aromatic N) is 3. The van der Waals surface area contributed by atoms with Crippen LogP contribution in [0.4, 0.5) is 0 Å². The van der Waals surface area contributed by atoms with Crippen LogP contribution < -0.4 is 0 Å². The van der Waals surface area contributed by atoms with E-state index in [2.05, 4.69) is 13.8 Å². The summed E-state index contributed by atoms with van der Waals surface area (Å²) in [5, 5.41) is 0. The van der Waals surface area contributed by atoms with Gasteiger partial charge in [0, 0.05) is 49.6 Å². The minimum Gasteiger partial charge on any atom is -0.345 e. The van der Waals surface area contributed by atoms with Crippen LogP contribution in [0.1, 0.15) is 103 Å². The minimum atomic E-state index is -3.03. The molecule has 204 valence electrons. The summed E-state index contributed by atoms with van der Waals surface area (Å²) in [5.74, 6) is 0.593. The first-order valence-electron chi connectivity index (χ1n) is 11.9. The molecule has 8 heteroatoms. The maximum atomic E-state index is 11.8. The van der Waals surface area contributed by atoms with Crippen molar-refractivity contribution in [3.8, 4) is 0 Å². The van der Waals surface area contributed by atoms with Crippen LogP contribution in [-0.2, 0) is 19.6 Å². The quantitative estimate of drug-likeness (QED) is 0.528. The molecule has 0 unspecified atom stereocenters. The molecule has 0 aromatic carbocycles. The van der Waals surface area contributed by atoms with Crippen molar-refractivity contribution in [3.63, 3.8) is 0 Å². The highest BCUT2D eigenvalue weighted by molar-refractivity contribution is 7.90. The van der Waals surface area contributed by atoms with Crippen molar-refractivity contribution >= 4 is 21.8 Å². The van der Waals surface area contributed by atoms with Crippen molar-refractivity contribution in [1.82, 2.24) is 14.1 Å². The molecule has 0 atom stereocenters. The first kappa shape index (κ1) is 35.0. The van der Waals surface area contributed by atoms with Crippen molar-refractivity contribution < 1.29 is 18.0 Å². The summed E-state index contributed by atoms with van der Waals surface area (Å²) in [6, 6.07) is 0.459. The lowest BCUT2D eigenvalue weighted by Crippen LogP contribution is -2.38. The van der Waals surface area contributed by atoms with Gasteiger partial charge in [0.1, 0.15) is 0 Å². The van der Waals surface area contributed by atoms with Gasteiger partial charge in [-0.25, -0.2) is 8.42 Å². The lowest BCUT2D eigenvalue weighted by molar-refractivity contribution is -0.136. The summed E-state index contributed by atoms with van der Waals surface area (Å²) < 4.78 is 24.6. The van der Waals surface area contributed by atoms with Gasteiger partial charge in [0.2, 0.25) is 21.8 Å². The third-order valence-corrected chi connectivity index (χ3v) is 9.78. The van der Waals surface area contributed by atoms with Crippen molar-refractivity contribution in [1.29, 1.82) is 0 Å². The van der Waals surface area contributed by atoms with Gasteiger partial charge in [-0.2, -0.15) is 4.31 Å². The number of amides is 2. The normalized spacial score (nSPS) is 24.1. The number of sulfonamides is 1. The third kappa shape index (κ3) is 7.67. The second-order valence-corrected chi connectivity index (χ2v) is 14.3. The summed E-state index contributed by atoms with van der Waals surface area (Å²) in [4.78, 5) is 26.5. The molecule has 0 radical (unpaired) electrons. The molecular formula is C26H55N3O4S. The summed E-state index contributed by atoms with van der Waals surface area (Å²) in [6.45, 7) is 22.1. The summed E-state index contributed by atoms with van der Waals surface area (Å²) in [5.41, 5.74) is -0.195.